The van der Waals surface area contributed by atoms with Crippen LogP contribution in [0.2, 0.25) is 0 Å². The third-order valence-electron chi connectivity index (χ3n) is 3.45. The topological polar surface area (TPSA) is 82.1 Å². The molecule has 110 valence electrons. The van der Waals surface area contributed by atoms with Crippen LogP contribution in [0.3, 0.4) is 0 Å². The standard InChI is InChI=1S/C13H20N4O3/c1-9(18)6-4-5-7-17-12(19)10-11(14-8-15(10)2)16(3)13(17)20/h8-9,18H,4-7H2,1-3H3/t9-/m0/s1. The van der Waals surface area contributed by atoms with E-state index in [-0.39, 0.29) is 17.4 Å². The zero-order valence-corrected chi connectivity index (χ0v) is 12.0. The minimum absolute atomic E-state index is 0.305. The number of aliphatic hydroxyl groups excluding tert-OH is 1. The second-order valence-electron chi connectivity index (χ2n) is 5.17. The molecule has 2 rings (SSSR count). The Morgan fingerprint density at radius 1 is 1.30 bits per heavy atom. The van der Waals surface area contributed by atoms with Gasteiger partial charge < -0.3 is 9.67 Å². The van der Waals surface area contributed by atoms with E-state index in [2.05, 4.69) is 4.98 Å². The molecule has 0 bridgehead atoms. The van der Waals surface area contributed by atoms with Gasteiger partial charge in [0.1, 0.15) is 0 Å². The van der Waals surface area contributed by atoms with Crippen LogP contribution in [0.5, 0.6) is 0 Å². The quantitative estimate of drug-likeness (QED) is 0.781. The maximum atomic E-state index is 12.4. The lowest BCUT2D eigenvalue weighted by atomic mass is 10.2. The smallest absolute Gasteiger partial charge is 0.332 e. The van der Waals surface area contributed by atoms with E-state index in [0.717, 1.165) is 6.42 Å². The number of aromatic nitrogens is 4. The van der Waals surface area contributed by atoms with Gasteiger partial charge in [-0.05, 0) is 26.2 Å². The van der Waals surface area contributed by atoms with E-state index in [0.29, 0.717) is 30.6 Å². The van der Waals surface area contributed by atoms with E-state index in [1.165, 1.54) is 15.5 Å². The van der Waals surface area contributed by atoms with Crippen molar-refractivity contribution in [1.29, 1.82) is 0 Å². The van der Waals surface area contributed by atoms with Crippen molar-refractivity contribution in [1.82, 2.24) is 18.7 Å². The summed E-state index contributed by atoms with van der Waals surface area (Å²) in [6, 6.07) is 0. The van der Waals surface area contributed by atoms with Crippen molar-refractivity contribution in [3.63, 3.8) is 0 Å². The molecule has 2 aromatic rings. The fraction of sp³-hybridized carbons (Fsp3) is 0.615. The molecule has 2 heterocycles. The highest BCUT2D eigenvalue weighted by Gasteiger charge is 2.14. The lowest BCUT2D eigenvalue weighted by Crippen LogP contribution is -2.39. The molecule has 20 heavy (non-hydrogen) atoms. The van der Waals surface area contributed by atoms with E-state index in [1.54, 1.807) is 25.6 Å². The summed E-state index contributed by atoms with van der Waals surface area (Å²) in [7, 11) is 3.35. The predicted octanol–water partition coefficient (Wildman–Crippen LogP) is -0.0152. The van der Waals surface area contributed by atoms with Gasteiger partial charge in [0.2, 0.25) is 0 Å². The third kappa shape index (κ3) is 2.53. The van der Waals surface area contributed by atoms with Crippen LogP contribution in [-0.4, -0.2) is 29.9 Å². The fourth-order valence-electron chi connectivity index (χ4n) is 2.30. The maximum Gasteiger partial charge on any atom is 0.332 e. The van der Waals surface area contributed by atoms with E-state index in [9.17, 15) is 14.7 Å². The summed E-state index contributed by atoms with van der Waals surface area (Å²) in [5.74, 6) is 0. The first-order valence-electron chi connectivity index (χ1n) is 6.72. The second-order valence-corrected chi connectivity index (χ2v) is 5.17. The number of imidazole rings is 1. The summed E-state index contributed by atoms with van der Waals surface area (Å²) in [6.45, 7) is 2.09. The van der Waals surface area contributed by atoms with Crippen LogP contribution >= 0.6 is 0 Å². The van der Waals surface area contributed by atoms with Gasteiger partial charge in [-0.1, -0.05) is 0 Å². The normalized spacial score (nSPS) is 13.0. The molecular weight excluding hydrogens is 260 g/mol. The molecule has 0 amide bonds. The molecule has 0 aliphatic carbocycles. The van der Waals surface area contributed by atoms with Crippen molar-refractivity contribution in [2.75, 3.05) is 0 Å². The molecule has 2 aromatic heterocycles. The van der Waals surface area contributed by atoms with E-state index < -0.39 is 0 Å². The van der Waals surface area contributed by atoms with Crippen molar-refractivity contribution >= 4 is 11.2 Å². The number of nitrogens with zero attached hydrogens (tertiary/aromatic N) is 4. The van der Waals surface area contributed by atoms with Crippen LogP contribution in [0.4, 0.5) is 0 Å². The van der Waals surface area contributed by atoms with Crippen LogP contribution in [0.25, 0.3) is 11.2 Å². The summed E-state index contributed by atoms with van der Waals surface area (Å²) in [4.78, 5) is 28.6. The molecule has 0 saturated carbocycles. The number of fused-ring (bicyclic) bond motifs is 1. The lowest BCUT2D eigenvalue weighted by Gasteiger charge is -2.09. The van der Waals surface area contributed by atoms with Gasteiger partial charge in [0.25, 0.3) is 5.56 Å². The zero-order valence-electron chi connectivity index (χ0n) is 12.0. The van der Waals surface area contributed by atoms with Gasteiger partial charge in [-0.3, -0.25) is 13.9 Å². The Hall–Kier alpha value is -1.89. The van der Waals surface area contributed by atoms with Crippen LogP contribution in [-0.2, 0) is 20.6 Å². The van der Waals surface area contributed by atoms with E-state index in [4.69, 9.17) is 0 Å². The molecule has 0 fully saturated rings. The predicted molar refractivity (Wildman–Crippen MR) is 75.7 cm³/mol. The Balaban J connectivity index is 2.36. The molecule has 1 atom stereocenters. The average Bonchev–Trinajstić information content (AvgIpc) is 2.77. The van der Waals surface area contributed by atoms with Crippen molar-refractivity contribution < 1.29 is 5.11 Å². The van der Waals surface area contributed by atoms with Crippen molar-refractivity contribution in [3.05, 3.63) is 27.2 Å². The number of hydrogen-bond donors (Lipinski definition) is 1. The van der Waals surface area contributed by atoms with Gasteiger partial charge in [-0.2, -0.15) is 0 Å². The van der Waals surface area contributed by atoms with Gasteiger partial charge in [0, 0.05) is 20.6 Å². The molecule has 0 aliphatic rings. The molecule has 0 radical (unpaired) electrons. The van der Waals surface area contributed by atoms with Crippen molar-refractivity contribution in [3.8, 4) is 0 Å². The Morgan fingerprint density at radius 3 is 2.65 bits per heavy atom. The lowest BCUT2D eigenvalue weighted by molar-refractivity contribution is 0.180. The highest BCUT2D eigenvalue weighted by molar-refractivity contribution is 5.69. The van der Waals surface area contributed by atoms with E-state index in [1.807, 2.05) is 0 Å². The summed E-state index contributed by atoms with van der Waals surface area (Å²) in [5, 5.41) is 9.21. The summed E-state index contributed by atoms with van der Waals surface area (Å²) in [5.41, 5.74) is 0.184. The van der Waals surface area contributed by atoms with Crippen molar-refractivity contribution in [2.45, 2.75) is 38.8 Å². The third-order valence-corrected chi connectivity index (χ3v) is 3.45. The first-order valence-corrected chi connectivity index (χ1v) is 6.72. The van der Waals surface area contributed by atoms with Gasteiger partial charge in [0.15, 0.2) is 11.2 Å². The first-order chi connectivity index (χ1) is 9.43. The molecule has 7 heteroatoms. The molecule has 0 saturated heterocycles. The fourth-order valence-corrected chi connectivity index (χ4v) is 2.30. The molecule has 7 nitrogen and oxygen atoms in total. The van der Waals surface area contributed by atoms with Gasteiger partial charge in [-0.25, -0.2) is 9.78 Å². The Bertz CT molecular complexity index is 724. The van der Waals surface area contributed by atoms with Crippen LogP contribution in [0.1, 0.15) is 26.2 Å². The van der Waals surface area contributed by atoms with Crippen molar-refractivity contribution in [2.24, 2.45) is 14.1 Å². The van der Waals surface area contributed by atoms with E-state index >= 15 is 0 Å². The SMILES string of the molecule is C[C@H](O)CCCCn1c(=O)c2c(ncn2C)n(C)c1=O. The monoisotopic (exact) mass is 280 g/mol. The summed E-state index contributed by atoms with van der Waals surface area (Å²) in [6.07, 6.45) is 3.31. The summed E-state index contributed by atoms with van der Waals surface area (Å²) < 4.78 is 4.26. The molecule has 0 spiro atoms. The molecule has 1 N–H and O–H groups in total. The number of aryl methyl sites for hydroxylation is 2. The second kappa shape index (κ2) is 5.62. The molecule has 0 aromatic carbocycles. The maximum absolute atomic E-state index is 12.4. The highest BCUT2D eigenvalue weighted by Crippen LogP contribution is 2.04. The van der Waals surface area contributed by atoms with Gasteiger partial charge in [0.05, 0.1) is 12.4 Å². The Labute approximate surface area is 116 Å². The first kappa shape index (κ1) is 14.5. The van der Waals surface area contributed by atoms with Crippen LogP contribution in [0, 0.1) is 0 Å². The minimum Gasteiger partial charge on any atom is -0.393 e. The zero-order chi connectivity index (χ0) is 14.9. The number of unbranched alkanes of at least 4 members (excludes halogenated alkanes) is 1. The van der Waals surface area contributed by atoms with Crippen LogP contribution in [0.15, 0.2) is 15.9 Å². The van der Waals surface area contributed by atoms with Gasteiger partial charge in [-0.15, -0.1) is 0 Å². The number of rotatable bonds is 5. The highest BCUT2D eigenvalue weighted by atomic mass is 16.3. The van der Waals surface area contributed by atoms with Gasteiger partial charge >= 0.3 is 5.69 Å². The Kier molecular flexibility index (Phi) is 4.08. The molecular formula is C13H20N4O3. The minimum atomic E-state index is -0.353. The number of aliphatic hydroxyl groups is 1. The largest absolute Gasteiger partial charge is 0.393 e. The summed E-state index contributed by atoms with van der Waals surface area (Å²) >= 11 is 0. The molecule has 0 unspecified atom stereocenters. The Morgan fingerprint density at radius 2 is 2.00 bits per heavy atom. The number of hydrogen-bond acceptors (Lipinski definition) is 4. The average molecular weight is 280 g/mol. The van der Waals surface area contributed by atoms with Crippen LogP contribution < -0.4 is 11.2 Å². The molecule has 0 aliphatic heterocycles.